The second-order valence-electron chi connectivity index (χ2n) is 8.54. The van der Waals surface area contributed by atoms with Gasteiger partial charge in [-0.2, -0.15) is 8.42 Å². The summed E-state index contributed by atoms with van der Waals surface area (Å²) in [6.45, 7) is 2.47. The Bertz CT molecular complexity index is 657. The van der Waals surface area contributed by atoms with Gasteiger partial charge in [0.25, 0.3) is 10.1 Å². The Kier molecular flexibility index (Phi) is 16.8. The highest BCUT2D eigenvalue weighted by atomic mass is 35.5. The van der Waals surface area contributed by atoms with Gasteiger partial charge in [0.05, 0.1) is 11.5 Å². The van der Waals surface area contributed by atoms with Crippen molar-refractivity contribution >= 4 is 33.3 Å². The minimum absolute atomic E-state index is 0.0111. The molecule has 0 radical (unpaired) electrons. The summed E-state index contributed by atoms with van der Waals surface area (Å²) < 4.78 is 29.4. The molecule has 0 saturated heterocycles. The first-order chi connectivity index (χ1) is 15.0. The maximum atomic E-state index is 12.2. The highest BCUT2D eigenvalue weighted by Crippen LogP contribution is 2.24. The number of unbranched alkanes of at least 4 members (excludes halogenated alkanes) is 16. The van der Waals surface area contributed by atoms with E-state index in [-0.39, 0.29) is 21.5 Å². The predicted molar refractivity (Wildman–Crippen MR) is 134 cm³/mol. The maximum Gasteiger partial charge on any atom is 0.297 e. The van der Waals surface area contributed by atoms with Crippen LogP contribution < -0.4 is 0 Å². The summed E-state index contributed by atoms with van der Waals surface area (Å²) >= 11 is 11.7. The van der Waals surface area contributed by atoms with Gasteiger partial charge in [-0.15, -0.1) is 0 Å². The van der Waals surface area contributed by atoms with Crippen molar-refractivity contribution < 1.29 is 12.6 Å². The van der Waals surface area contributed by atoms with Crippen LogP contribution in [0.3, 0.4) is 0 Å². The van der Waals surface area contributed by atoms with Crippen LogP contribution in [0.15, 0.2) is 23.1 Å². The van der Waals surface area contributed by atoms with E-state index in [1.54, 1.807) is 0 Å². The zero-order valence-electron chi connectivity index (χ0n) is 19.3. The average molecular weight is 494 g/mol. The van der Waals surface area contributed by atoms with E-state index in [0.717, 1.165) is 19.3 Å². The summed E-state index contributed by atoms with van der Waals surface area (Å²) in [5.74, 6) is 0. The van der Waals surface area contributed by atoms with Gasteiger partial charge in [0.2, 0.25) is 0 Å². The van der Waals surface area contributed by atoms with Gasteiger partial charge in [0.15, 0.2) is 0 Å². The largest absolute Gasteiger partial charge is 0.297 e. The summed E-state index contributed by atoms with van der Waals surface area (Å²) in [6.07, 6.45) is 22.0. The highest BCUT2D eigenvalue weighted by molar-refractivity contribution is 7.86. The summed E-state index contributed by atoms with van der Waals surface area (Å²) in [7, 11) is -3.80. The van der Waals surface area contributed by atoms with Crippen LogP contribution in [0, 0.1) is 0 Å². The lowest BCUT2D eigenvalue weighted by Crippen LogP contribution is -2.07. The molecule has 0 atom stereocenters. The van der Waals surface area contributed by atoms with Crippen molar-refractivity contribution in [2.45, 2.75) is 121 Å². The van der Waals surface area contributed by atoms with Crippen LogP contribution in [0.2, 0.25) is 10.0 Å². The van der Waals surface area contributed by atoms with Crippen LogP contribution in [0.1, 0.15) is 116 Å². The Balaban J connectivity index is 1.89. The van der Waals surface area contributed by atoms with Crippen molar-refractivity contribution in [2.24, 2.45) is 0 Å². The number of halogens is 2. The molecule has 0 bridgehead atoms. The van der Waals surface area contributed by atoms with E-state index < -0.39 is 10.1 Å². The van der Waals surface area contributed by atoms with Gasteiger partial charge in [0.1, 0.15) is 0 Å². The van der Waals surface area contributed by atoms with Crippen LogP contribution in [-0.2, 0) is 14.3 Å². The summed E-state index contributed by atoms with van der Waals surface area (Å²) in [6, 6.07) is 4.22. The monoisotopic (exact) mass is 492 g/mol. The quantitative estimate of drug-likeness (QED) is 0.134. The van der Waals surface area contributed by atoms with Crippen molar-refractivity contribution in [3.8, 4) is 0 Å². The van der Waals surface area contributed by atoms with Gasteiger partial charge in [-0.25, -0.2) is 0 Å². The summed E-state index contributed by atoms with van der Waals surface area (Å²) in [5, 5.41) is 0.569. The van der Waals surface area contributed by atoms with Gasteiger partial charge in [-0.3, -0.25) is 4.18 Å². The van der Waals surface area contributed by atoms with Gasteiger partial charge >= 0.3 is 0 Å². The first-order valence-electron chi connectivity index (χ1n) is 12.3. The Morgan fingerprint density at radius 3 is 1.35 bits per heavy atom. The Morgan fingerprint density at radius 1 is 0.613 bits per heavy atom. The fourth-order valence-corrected chi connectivity index (χ4v) is 5.41. The van der Waals surface area contributed by atoms with Crippen molar-refractivity contribution in [1.82, 2.24) is 0 Å². The van der Waals surface area contributed by atoms with E-state index in [4.69, 9.17) is 27.4 Å². The zero-order valence-corrected chi connectivity index (χ0v) is 21.7. The molecule has 0 unspecified atom stereocenters. The fraction of sp³-hybridized carbons (Fsp3) is 0.760. The third kappa shape index (κ3) is 15.2. The molecule has 0 N–H and O–H groups in total. The van der Waals surface area contributed by atoms with Crippen LogP contribution in [0.25, 0.3) is 0 Å². The van der Waals surface area contributed by atoms with Crippen LogP contribution in [0.5, 0.6) is 0 Å². The van der Waals surface area contributed by atoms with Gasteiger partial charge < -0.3 is 0 Å². The van der Waals surface area contributed by atoms with Gasteiger partial charge in [0, 0.05) is 10.0 Å². The summed E-state index contributed by atoms with van der Waals surface area (Å²) in [4.78, 5) is 0.0111. The van der Waals surface area contributed by atoms with Gasteiger partial charge in [-0.1, -0.05) is 133 Å². The van der Waals surface area contributed by atoms with E-state index >= 15 is 0 Å². The molecule has 6 heteroatoms. The van der Waals surface area contributed by atoms with Crippen LogP contribution in [-0.4, -0.2) is 15.0 Å². The molecule has 31 heavy (non-hydrogen) atoms. The molecule has 0 aliphatic carbocycles. The molecule has 0 heterocycles. The summed E-state index contributed by atoms with van der Waals surface area (Å²) in [5.41, 5.74) is 0. The van der Waals surface area contributed by atoms with Crippen LogP contribution in [0.4, 0.5) is 0 Å². The zero-order chi connectivity index (χ0) is 22.8. The van der Waals surface area contributed by atoms with Crippen molar-refractivity contribution in [3.05, 3.63) is 28.2 Å². The average Bonchev–Trinajstić information content (AvgIpc) is 2.72. The lowest BCUT2D eigenvalue weighted by molar-refractivity contribution is 0.306. The number of rotatable bonds is 20. The number of hydrogen-bond donors (Lipinski definition) is 0. The van der Waals surface area contributed by atoms with E-state index in [0.29, 0.717) is 0 Å². The van der Waals surface area contributed by atoms with Gasteiger partial charge in [-0.05, 0) is 24.6 Å². The Labute approximate surface area is 201 Å². The van der Waals surface area contributed by atoms with E-state index in [1.165, 1.54) is 108 Å². The second kappa shape index (κ2) is 18.2. The predicted octanol–water partition coefficient (Wildman–Crippen LogP) is 9.35. The molecule has 1 rings (SSSR count). The molecular weight excluding hydrogens is 451 g/mol. The molecule has 0 aromatic heterocycles. The minimum atomic E-state index is -3.80. The van der Waals surface area contributed by atoms with Crippen molar-refractivity contribution in [2.75, 3.05) is 6.61 Å². The standard InChI is InChI=1S/C25H42Cl2O3S/c1-2-3-4-5-6-7-8-9-10-11-12-13-14-15-16-17-18-19-30-31(28,29)25-21-23(26)20-24(27)22-25/h20-22H,2-19H2,1H3. The Morgan fingerprint density at radius 2 is 0.968 bits per heavy atom. The lowest BCUT2D eigenvalue weighted by atomic mass is 10.0. The first kappa shape index (κ1) is 28.7. The lowest BCUT2D eigenvalue weighted by Gasteiger charge is -2.07. The molecule has 0 fully saturated rings. The maximum absolute atomic E-state index is 12.2. The van der Waals surface area contributed by atoms with Crippen molar-refractivity contribution in [3.63, 3.8) is 0 Å². The SMILES string of the molecule is CCCCCCCCCCCCCCCCCCCOS(=O)(=O)c1cc(Cl)cc(Cl)c1. The fourth-order valence-electron chi connectivity index (χ4n) is 3.74. The molecule has 180 valence electrons. The first-order valence-corrected chi connectivity index (χ1v) is 14.5. The molecule has 0 aliphatic heterocycles. The molecule has 0 saturated carbocycles. The van der Waals surface area contributed by atoms with E-state index in [1.807, 2.05) is 0 Å². The number of hydrogen-bond acceptors (Lipinski definition) is 3. The van der Waals surface area contributed by atoms with Crippen LogP contribution >= 0.6 is 23.2 Å². The van der Waals surface area contributed by atoms with E-state index in [2.05, 4.69) is 6.92 Å². The highest BCUT2D eigenvalue weighted by Gasteiger charge is 2.16. The Hall–Kier alpha value is -0.290. The molecule has 0 aliphatic rings. The third-order valence-electron chi connectivity index (χ3n) is 5.61. The molecule has 0 amide bonds. The van der Waals surface area contributed by atoms with E-state index in [9.17, 15) is 8.42 Å². The third-order valence-corrected chi connectivity index (χ3v) is 7.34. The molecule has 0 spiro atoms. The molecule has 1 aromatic carbocycles. The second-order valence-corrected chi connectivity index (χ2v) is 11.0. The van der Waals surface area contributed by atoms with Crippen molar-refractivity contribution in [1.29, 1.82) is 0 Å². The molecular formula is C25H42Cl2O3S. The minimum Gasteiger partial charge on any atom is -0.266 e. The number of benzene rings is 1. The molecule has 1 aromatic rings. The normalized spacial score (nSPS) is 11.8. The topological polar surface area (TPSA) is 43.4 Å². The smallest absolute Gasteiger partial charge is 0.266 e. The molecule has 3 nitrogen and oxygen atoms in total.